The number of para-hydroxylation sites is 1. The lowest BCUT2D eigenvalue weighted by molar-refractivity contribution is 0.0600. The van der Waals surface area contributed by atoms with E-state index in [-0.39, 0.29) is 11.7 Å². The Bertz CT molecular complexity index is 2030. The van der Waals surface area contributed by atoms with E-state index < -0.39 is 5.97 Å². The number of benzene rings is 4. The number of nitrogens with one attached hydrogen (secondary N) is 1. The van der Waals surface area contributed by atoms with Crippen molar-refractivity contribution in [1.82, 2.24) is 19.4 Å². The van der Waals surface area contributed by atoms with Gasteiger partial charge in [0, 0.05) is 75.6 Å². The highest BCUT2D eigenvalue weighted by Gasteiger charge is 2.21. The van der Waals surface area contributed by atoms with Crippen LogP contribution in [0.15, 0.2) is 91.0 Å². The molecule has 276 valence electrons. The first-order valence-electron chi connectivity index (χ1n) is 18.4. The molecule has 1 aliphatic heterocycles. The predicted octanol–water partition coefficient (Wildman–Crippen LogP) is 5.01. The third-order valence-electron chi connectivity index (χ3n) is 10.1. The zero-order valence-electron chi connectivity index (χ0n) is 30.8. The lowest BCUT2D eigenvalue weighted by Gasteiger charge is -2.36. The van der Waals surface area contributed by atoms with E-state index in [2.05, 4.69) is 45.6 Å². The summed E-state index contributed by atoms with van der Waals surface area (Å²) in [5.74, 6) is 0.512. The Kier molecular flexibility index (Phi) is 12.2. The summed E-state index contributed by atoms with van der Waals surface area (Å²) in [5.41, 5.74) is 19.8. The molecule has 5 aromatic rings. The molecule has 1 fully saturated rings. The zero-order valence-corrected chi connectivity index (χ0v) is 30.8. The number of anilines is 1. The highest BCUT2D eigenvalue weighted by atomic mass is 16.5. The van der Waals surface area contributed by atoms with E-state index >= 15 is 0 Å². The number of aryl methyl sites for hydroxylation is 4. The number of imidazole rings is 1. The molecule has 0 unspecified atom stereocenters. The van der Waals surface area contributed by atoms with E-state index in [0.29, 0.717) is 36.3 Å². The number of carbonyl (C=O) groups is 2. The topological polar surface area (TPSA) is 147 Å². The first-order chi connectivity index (χ1) is 25.7. The maximum Gasteiger partial charge on any atom is 0.337 e. The minimum absolute atomic E-state index is 0.0572. The van der Waals surface area contributed by atoms with Crippen LogP contribution < -0.4 is 16.4 Å². The first-order valence-corrected chi connectivity index (χ1v) is 18.4. The van der Waals surface area contributed by atoms with Gasteiger partial charge in [0.1, 0.15) is 11.7 Å². The first kappa shape index (κ1) is 37.2. The van der Waals surface area contributed by atoms with Crippen LogP contribution in [0, 0.1) is 12.3 Å². The van der Waals surface area contributed by atoms with E-state index in [4.69, 9.17) is 26.6 Å². The molecule has 11 heteroatoms. The molecule has 53 heavy (non-hydrogen) atoms. The van der Waals surface area contributed by atoms with Crippen LogP contribution in [0.2, 0.25) is 0 Å². The number of aromatic nitrogens is 2. The quantitative estimate of drug-likeness (QED) is 0.0779. The van der Waals surface area contributed by atoms with Crippen molar-refractivity contribution in [2.75, 3.05) is 57.8 Å². The number of hydrogen-bond donors (Lipinski definition) is 3. The fraction of sp³-hybridized carbons (Fsp3) is 0.333. The van der Waals surface area contributed by atoms with Crippen molar-refractivity contribution >= 4 is 34.4 Å². The number of ether oxygens (including phenoxy) is 1. The summed E-state index contributed by atoms with van der Waals surface area (Å²) in [6.45, 7) is 9.16. The molecule has 0 bridgehead atoms. The van der Waals surface area contributed by atoms with Crippen molar-refractivity contribution in [1.29, 1.82) is 5.41 Å². The van der Waals surface area contributed by atoms with E-state index in [9.17, 15) is 9.59 Å². The van der Waals surface area contributed by atoms with Gasteiger partial charge in [0.2, 0.25) is 0 Å². The van der Waals surface area contributed by atoms with Gasteiger partial charge in [-0.2, -0.15) is 0 Å². The fourth-order valence-corrected chi connectivity index (χ4v) is 7.12. The molecule has 2 heterocycles. The summed E-state index contributed by atoms with van der Waals surface area (Å²) in [6, 6.07) is 29.3. The summed E-state index contributed by atoms with van der Waals surface area (Å²) in [5, 5.41) is 7.72. The lowest BCUT2D eigenvalue weighted by Crippen LogP contribution is -2.47. The number of fused-ring (bicyclic) bond motifs is 1. The van der Waals surface area contributed by atoms with Crippen LogP contribution in [0.5, 0.6) is 0 Å². The van der Waals surface area contributed by atoms with E-state index in [1.165, 1.54) is 18.4 Å². The van der Waals surface area contributed by atoms with Gasteiger partial charge in [-0.05, 0) is 79.4 Å². The fourth-order valence-electron chi connectivity index (χ4n) is 7.12. The van der Waals surface area contributed by atoms with Crippen LogP contribution >= 0.6 is 0 Å². The Morgan fingerprint density at radius 1 is 0.849 bits per heavy atom. The minimum Gasteiger partial charge on any atom is -0.465 e. The molecular weight excluding hydrogens is 665 g/mol. The number of methoxy groups -OCH3 is 1. The Labute approximate surface area is 311 Å². The molecule has 0 aliphatic carbocycles. The van der Waals surface area contributed by atoms with Crippen molar-refractivity contribution in [2.24, 2.45) is 11.5 Å². The van der Waals surface area contributed by atoms with Crippen molar-refractivity contribution in [3.8, 4) is 0 Å². The van der Waals surface area contributed by atoms with E-state index in [1.807, 2.05) is 54.6 Å². The van der Waals surface area contributed by atoms with Gasteiger partial charge >= 0.3 is 5.97 Å². The molecule has 11 nitrogen and oxygen atoms in total. The number of amidine groups is 1. The monoisotopic (exact) mass is 714 g/mol. The molecular formula is C42H50N8O3. The number of nitrogens with two attached hydrogens (primary N) is 2. The van der Waals surface area contributed by atoms with Crippen LogP contribution in [-0.4, -0.2) is 90.0 Å². The van der Waals surface area contributed by atoms with E-state index in [0.717, 1.165) is 86.5 Å². The number of hydrogen-bond acceptors (Lipinski definition) is 8. The van der Waals surface area contributed by atoms with Crippen molar-refractivity contribution in [3.05, 3.63) is 130 Å². The minimum atomic E-state index is -0.402. The Morgan fingerprint density at radius 3 is 2.21 bits per heavy atom. The number of esters is 1. The molecule has 5 N–H and O–H groups in total. The normalized spacial score (nSPS) is 13.3. The Balaban J connectivity index is 1.17. The third-order valence-corrected chi connectivity index (χ3v) is 10.1. The van der Waals surface area contributed by atoms with Gasteiger partial charge < -0.3 is 30.6 Å². The molecule has 0 radical (unpaired) electrons. The largest absolute Gasteiger partial charge is 0.465 e. The predicted molar refractivity (Wildman–Crippen MR) is 211 cm³/mol. The van der Waals surface area contributed by atoms with Gasteiger partial charge in [-0.3, -0.25) is 15.1 Å². The summed E-state index contributed by atoms with van der Waals surface area (Å²) in [4.78, 5) is 37.7. The summed E-state index contributed by atoms with van der Waals surface area (Å²) in [7, 11) is 1.35. The highest BCUT2D eigenvalue weighted by Crippen LogP contribution is 2.24. The summed E-state index contributed by atoms with van der Waals surface area (Å²) < 4.78 is 7.13. The molecule has 0 atom stereocenters. The molecule has 1 aliphatic rings. The van der Waals surface area contributed by atoms with Crippen molar-refractivity contribution < 1.29 is 14.3 Å². The Hall–Kier alpha value is -5.52. The summed E-state index contributed by atoms with van der Waals surface area (Å²) in [6.07, 6.45) is 2.50. The highest BCUT2D eigenvalue weighted by molar-refractivity contribution is 5.97. The van der Waals surface area contributed by atoms with Crippen LogP contribution in [0.3, 0.4) is 0 Å². The molecule has 4 aromatic carbocycles. The number of nitrogen functional groups attached to an aromatic ring is 1. The molecule has 1 saturated heterocycles. The SMILES string of the molecule is COC(=O)c1ccc(CN(CCN)C(=O)c2ccc3c(c2)nc(CCc2ccc(C(=N)N)cc2)n3CCCN2CCN(c3ccccc3C)CC2)cc1. The molecule has 1 amide bonds. The van der Waals surface area contributed by atoms with Gasteiger partial charge in [-0.1, -0.05) is 54.6 Å². The number of carbonyl (C=O) groups excluding carboxylic acids is 2. The van der Waals surface area contributed by atoms with Crippen LogP contribution in [0.4, 0.5) is 5.69 Å². The Morgan fingerprint density at radius 2 is 1.53 bits per heavy atom. The van der Waals surface area contributed by atoms with Gasteiger partial charge in [0.15, 0.2) is 0 Å². The van der Waals surface area contributed by atoms with Gasteiger partial charge in [-0.15, -0.1) is 0 Å². The number of amides is 1. The van der Waals surface area contributed by atoms with Crippen LogP contribution in [0.25, 0.3) is 11.0 Å². The zero-order chi connectivity index (χ0) is 37.3. The number of piperazine rings is 1. The van der Waals surface area contributed by atoms with Crippen molar-refractivity contribution in [2.45, 2.75) is 39.3 Å². The molecule has 6 rings (SSSR count). The van der Waals surface area contributed by atoms with Crippen molar-refractivity contribution in [3.63, 3.8) is 0 Å². The van der Waals surface area contributed by atoms with E-state index in [1.54, 1.807) is 17.0 Å². The third kappa shape index (κ3) is 9.11. The van der Waals surface area contributed by atoms with Crippen LogP contribution in [-0.2, 0) is 30.7 Å². The molecule has 0 saturated carbocycles. The average Bonchev–Trinajstić information content (AvgIpc) is 3.53. The molecule has 1 aromatic heterocycles. The van der Waals surface area contributed by atoms with Crippen LogP contribution in [0.1, 0.15) is 55.2 Å². The summed E-state index contributed by atoms with van der Waals surface area (Å²) >= 11 is 0. The number of nitrogens with zero attached hydrogens (tertiary/aromatic N) is 5. The standard InChI is InChI=1S/C42H50N8O3/c1-30-6-3-4-7-37(30)48-26-24-47(25-27-48)21-5-22-50-38-18-17-35(28-36(38)46-39(50)19-12-31-8-13-33(14-9-31)40(44)45)41(51)49(23-20-43)29-32-10-15-34(16-11-32)42(52)53-2/h3-4,6-11,13-18,28H,5,12,19-27,29,43H2,1-2H3,(H3,44,45). The second-order valence-electron chi connectivity index (χ2n) is 13.7. The maximum atomic E-state index is 13.9. The molecule has 0 spiro atoms. The van der Waals surface area contributed by atoms with Gasteiger partial charge in [0.25, 0.3) is 5.91 Å². The maximum absolute atomic E-state index is 13.9. The smallest absolute Gasteiger partial charge is 0.337 e. The van der Waals surface area contributed by atoms with Gasteiger partial charge in [0.05, 0.1) is 23.7 Å². The number of rotatable bonds is 15. The average molecular weight is 715 g/mol. The second-order valence-corrected chi connectivity index (χ2v) is 13.7. The second kappa shape index (κ2) is 17.3. The lowest BCUT2D eigenvalue weighted by atomic mass is 10.1. The van der Waals surface area contributed by atoms with Gasteiger partial charge in [-0.25, -0.2) is 9.78 Å².